The first-order chi connectivity index (χ1) is 10.4. The van der Waals surface area contributed by atoms with Crippen LogP contribution in [0.4, 0.5) is 0 Å². The van der Waals surface area contributed by atoms with Crippen LogP contribution in [0, 0.1) is 0 Å². The maximum Gasteiger partial charge on any atom is -0.0137 e. The molecule has 0 spiro atoms. The van der Waals surface area contributed by atoms with Crippen LogP contribution >= 0.6 is 8.58 Å². The highest BCUT2D eigenvalue weighted by Gasteiger charge is 2.13. The molecule has 0 fully saturated rings. The molecule has 1 heterocycles. The van der Waals surface area contributed by atoms with E-state index in [2.05, 4.69) is 38.1 Å². The minimum absolute atomic E-state index is 1.30. The Kier molecular flexibility index (Phi) is 7.51. The molecular formula is C20H30P. The second kappa shape index (κ2) is 9.42. The Morgan fingerprint density at radius 3 is 1.57 bits per heavy atom. The molecule has 0 saturated carbocycles. The van der Waals surface area contributed by atoms with Crippen LogP contribution in [0.1, 0.15) is 78.1 Å². The molecule has 0 aliphatic carbocycles. The van der Waals surface area contributed by atoms with E-state index in [0.29, 0.717) is 0 Å². The minimum Gasteiger partial charge on any atom is -0.0654 e. The summed E-state index contributed by atoms with van der Waals surface area (Å²) in [7, 11) is 1.54. The van der Waals surface area contributed by atoms with Gasteiger partial charge in [-0.15, -0.1) is 0 Å². The van der Waals surface area contributed by atoms with Gasteiger partial charge in [0.2, 0.25) is 0 Å². The molecule has 21 heavy (non-hydrogen) atoms. The number of fused-ring (bicyclic) bond motifs is 1. The van der Waals surface area contributed by atoms with Crippen molar-refractivity contribution in [1.29, 1.82) is 0 Å². The topological polar surface area (TPSA) is 0 Å². The van der Waals surface area contributed by atoms with E-state index in [0.717, 1.165) is 0 Å². The molecule has 1 aromatic carbocycles. The summed E-state index contributed by atoms with van der Waals surface area (Å²) in [6.45, 7) is 4.58. The third kappa shape index (κ3) is 4.96. The first-order valence-corrected chi connectivity index (χ1v) is 9.79. The third-order valence-electron chi connectivity index (χ3n) is 4.35. The van der Waals surface area contributed by atoms with Crippen LogP contribution in [0.15, 0.2) is 24.3 Å². The Bertz CT molecular complexity index is 492. The predicted molar refractivity (Wildman–Crippen MR) is 96.9 cm³/mol. The molecule has 2 rings (SSSR count). The average Bonchev–Trinajstić information content (AvgIpc) is 2.87. The summed E-state index contributed by atoms with van der Waals surface area (Å²) in [5.41, 5.74) is 0. The van der Waals surface area contributed by atoms with Gasteiger partial charge in [0, 0.05) is 0 Å². The van der Waals surface area contributed by atoms with Crippen molar-refractivity contribution in [2.75, 3.05) is 0 Å². The Hall–Kier alpha value is -0.610. The van der Waals surface area contributed by atoms with Gasteiger partial charge in [0.1, 0.15) is 0 Å². The molecule has 0 unspecified atom stereocenters. The molecule has 1 heteroatoms. The summed E-state index contributed by atoms with van der Waals surface area (Å²) in [6, 6.07) is 9.11. The van der Waals surface area contributed by atoms with Crippen molar-refractivity contribution in [2.45, 2.75) is 78.1 Å². The van der Waals surface area contributed by atoms with E-state index >= 15 is 0 Å². The highest BCUT2D eigenvalue weighted by atomic mass is 31.1. The van der Waals surface area contributed by atoms with Crippen molar-refractivity contribution in [3.05, 3.63) is 34.7 Å². The van der Waals surface area contributed by atoms with Gasteiger partial charge in [0.05, 0.1) is 0 Å². The van der Waals surface area contributed by atoms with Gasteiger partial charge in [-0.05, 0) is 55.3 Å². The molecule has 115 valence electrons. The van der Waals surface area contributed by atoms with Crippen molar-refractivity contribution in [1.82, 2.24) is 0 Å². The number of rotatable bonds is 10. The van der Waals surface area contributed by atoms with E-state index in [9.17, 15) is 0 Å². The van der Waals surface area contributed by atoms with E-state index in [1.165, 1.54) is 72.8 Å². The molecule has 0 amide bonds. The van der Waals surface area contributed by atoms with Crippen LogP contribution in [0.25, 0.3) is 10.6 Å². The largest absolute Gasteiger partial charge is 0.0654 e. The standard InChI is InChI=1S/C20H30P/c1-3-5-7-9-15-19-17-13-11-12-14-18(17)20(21-19)16-10-8-6-4-2/h11-14H,3-10,15-16H2,1-2H3. The average molecular weight is 301 g/mol. The second-order valence-electron chi connectivity index (χ2n) is 6.17. The molecule has 1 aliphatic rings. The quantitative estimate of drug-likeness (QED) is 0.378. The zero-order valence-electron chi connectivity index (χ0n) is 13.8. The molecule has 1 radical (unpaired) electrons. The van der Waals surface area contributed by atoms with Gasteiger partial charge in [-0.3, -0.25) is 0 Å². The van der Waals surface area contributed by atoms with Crippen molar-refractivity contribution >= 4 is 19.2 Å². The summed E-state index contributed by atoms with van der Waals surface area (Å²) in [5.74, 6) is 0. The molecule has 0 bridgehead atoms. The van der Waals surface area contributed by atoms with Gasteiger partial charge in [0.15, 0.2) is 0 Å². The first-order valence-electron chi connectivity index (χ1n) is 8.90. The fourth-order valence-electron chi connectivity index (χ4n) is 3.09. The monoisotopic (exact) mass is 301 g/mol. The van der Waals surface area contributed by atoms with Crippen LogP contribution in [0.2, 0.25) is 0 Å². The summed E-state index contributed by atoms with van der Waals surface area (Å²) in [5, 5.41) is 6.49. The van der Waals surface area contributed by atoms with Crippen LogP contribution in [0.5, 0.6) is 0 Å². The van der Waals surface area contributed by atoms with E-state index in [-0.39, 0.29) is 0 Å². The Morgan fingerprint density at radius 2 is 1.14 bits per heavy atom. The van der Waals surface area contributed by atoms with E-state index < -0.39 is 0 Å². The number of hydrogen-bond donors (Lipinski definition) is 0. The summed E-state index contributed by atoms with van der Waals surface area (Å²) >= 11 is 0. The lowest BCUT2D eigenvalue weighted by Crippen LogP contribution is -2.23. The summed E-state index contributed by atoms with van der Waals surface area (Å²) in [4.78, 5) is 0. The van der Waals surface area contributed by atoms with Gasteiger partial charge < -0.3 is 0 Å². The number of benzene rings is 1. The van der Waals surface area contributed by atoms with Gasteiger partial charge >= 0.3 is 0 Å². The molecule has 0 nitrogen and oxygen atoms in total. The SMILES string of the molecule is CCCCCCC1=c2ccccc2=C(CCCCCC)[P]1. The van der Waals surface area contributed by atoms with Gasteiger partial charge in [0.25, 0.3) is 0 Å². The molecule has 0 aromatic heterocycles. The van der Waals surface area contributed by atoms with Crippen molar-refractivity contribution in [3.8, 4) is 0 Å². The maximum absolute atomic E-state index is 2.34. The summed E-state index contributed by atoms with van der Waals surface area (Å²) < 4.78 is 0. The van der Waals surface area contributed by atoms with E-state index in [1.807, 2.05) is 0 Å². The maximum atomic E-state index is 2.34. The van der Waals surface area contributed by atoms with Gasteiger partial charge in [-0.2, -0.15) is 0 Å². The van der Waals surface area contributed by atoms with Crippen LogP contribution in [-0.2, 0) is 0 Å². The lowest BCUT2D eigenvalue weighted by Gasteiger charge is -2.05. The minimum atomic E-state index is 1.30. The lowest BCUT2D eigenvalue weighted by molar-refractivity contribution is 0.680. The van der Waals surface area contributed by atoms with Crippen LogP contribution in [-0.4, -0.2) is 0 Å². The van der Waals surface area contributed by atoms with Crippen LogP contribution in [0.3, 0.4) is 0 Å². The van der Waals surface area contributed by atoms with E-state index in [4.69, 9.17) is 0 Å². The Labute approximate surface area is 132 Å². The molecule has 0 N–H and O–H groups in total. The van der Waals surface area contributed by atoms with Crippen LogP contribution < -0.4 is 10.4 Å². The normalized spacial score (nSPS) is 13.8. The first kappa shape index (κ1) is 16.8. The second-order valence-corrected chi connectivity index (χ2v) is 7.48. The van der Waals surface area contributed by atoms with Crippen molar-refractivity contribution < 1.29 is 0 Å². The number of unbranched alkanes of at least 4 members (excludes halogenated alkanes) is 6. The molecule has 0 saturated heterocycles. The zero-order chi connectivity index (χ0) is 14.9. The predicted octanol–water partition coefficient (Wildman–Crippen LogP) is 5.80. The van der Waals surface area contributed by atoms with Crippen molar-refractivity contribution in [3.63, 3.8) is 0 Å². The number of hydrogen-bond acceptors (Lipinski definition) is 0. The molecule has 0 atom stereocenters. The third-order valence-corrected chi connectivity index (χ3v) is 5.82. The van der Waals surface area contributed by atoms with Gasteiger partial charge in [-0.1, -0.05) is 76.6 Å². The smallest absolute Gasteiger partial charge is 0.0137 e. The molecule has 1 aromatic rings. The zero-order valence-corrected chi connectivity index (χ0v) is 14.7. The Morgan fingerprint density at radius 1 is 0.667 bits per heavy atom. The fraction of sp³-hybridized carbons (Fsp3) is 0.600. The highest BCUT2D eigenvalue weighted by Crippen LogP contribution is 2.41. The Balaban J connectivity index is 2.02. The van der Waals surface area contributed by atoms with E-state index in [1.54, 1.807) is 21.1 Å². The molecular weight excluding hydrogens is 271 g/mol. The molecule has 1 aliphatic heterocycles. The highest BCUT2D eigenvalue weighted by molar-refractivity contribution is 7.60. The van der Waals surface area contributed by atoms with Gasteiger partial charge in [-0.25, -0.2) is 0 Å². The fourth-order valence-corrected chi connectivity index (χ4v) is 4.59. The van der Waals surface area contributed by atoms with Crippen molar-refractivity contribution in [2.24, 2.45) is 0 Å². The lowest BCUT2D eigenvalue weighted by atomic mass is 10.1. The summed E-state index contributed by atoms with van der Waals surface area (Å²) in [6.07, 6.45) is 13.6.